The second-order valence-electron chi connectivity index (χ2n) is 4.59. The third kappa shape index (κ3) is 2.78. The Bertz CT molecular complexity index is 494. The molecule has 1 heterocycles. The molecule has 0 aliphatic rings. The second kappa shape index (κ2) is 5.61. The lowest BCUT2D eigenvalue weighted by Crippen LogP contribution is -2.22. The lowest BCUT2D eigenvalue weighted by atomic mass is 10.1. The van der Waals surface area contributed by atoms with Crippen molar-refractivity contribution in [2.75, 3.05) is 5.43 Å². The average Bonchev–Trinajstić information content (AvgIpc) is 2.68. The second-order valence-corrected chi connectivity index (χ2v) is 5.51. The van der Waals surface area contributed by atoms with E-state index in [0.29, 0.717) is 6.04 Å². The van der Waals surface area contributed by atoms with Crippen molar-refractivity contribution in [2.45, 2.75) is 33.2 Å². The molecule has 2 rings (SSSR count). The molecule has 0 bridgehead atoms. The maximum Gasteiger partial charge on any atom is 0.0671 e. The number of hydrogen-bond acceptors (Lipinski definition) is 1. The largest absolute Gasteiger partial charge is 0.318 e. The van der Waals surface area contributed by atoms with Crippen LogP contribution in [0.3, 0.4) is 0 Å². The van der Waals surface area contributed by atoms with E-state index in [1.54, 1.807) is 0 Å². The van der Waals surface area contributed by atoms with Crippen molar-refractivity contribution >= 4 is 15.9 Å². The third-order valence-electron chi connectivity index (χ3n) is 3.24. The predicted molar refractivity (Wildman–Crippen MR) is 80.4 cm³/mol. The topological polar surface area (TPSA) is 17.0 Å². The summed E-state index contributed by atoms with van der Waals surface area (Å²) >= 11 is 3.47. The number of nitrogens with zero attached hydrogens (tertiary/aromatic N) is 1. The molecule has 2 aromatic rings. The molecule has 0 saturated heterocycles. The molecule has 0 saturated carbocycles. The number of benzene rings is 1. The number of aryl methyl sites for hydroxylation is 2. The monoisotopic (exact) mass is 306 g/mol. The summed E-state index contributed by atoms with van der Waals surface area (Å²) in [6.07, 6.45) is 1.05. The lowest BCUT2D eigenvalue weighted by Gasteiger charge is -2.22. The van der Waals surface area contributed by atoms with E-state index in [1.807, 2.05) is 0 Å². The summed E-state index contributed by atoms with van der Waals surface area (Å²) in [5.74, 6) is 0. The van der Waals surface area contributed by atoms with Crippen LogP contribution >= 0.6 is 15.9 Å². The Balaban J connectivity index is 2.22. The molecule has 1 aromatic heterocycles. The molecule has 0 spiro atoms. The van der Waals surface area contributed by atoms with Gasteiger partial charge in [0.1, 0.15) is 0 Å². The summed E-state index contributed by atoms with van der Waals surface area (Å²) in [6.45, 7) is 6.44. The van der Waals surface area contributed by atoms with Crippen molar-refractivity contribution in [2.24, 2.45) is 0 Å². The molecule has 0 aliphatic carbocycles. The van der Waals surface area contributed by atoms with Crippen LogP contribution in [-0.2, 0) is 0 Å². The van der Waals surface area contributed by atoms with E-state index in [0.717, 1.165) is 10.9 Å². The van der Waals surface area contributed by atoms with Crippen LogP contribution in [0.15, 0.2) is 40.9 Å². The Morgan fingerprint density at radius 2 is 1.61 bits per heavy atom. The van der Waals surface area contributed by atoms with Crippen LogP contribution in [0.4, 0.5) is 0 Å². The highest BCUT2D eigenvalue weighted by Gasteiger charge is 2.10. The van der Waals surface area contributed by atoms with Gasteiger partial charge in [-0.2, -0.15) is 0 Å². The summed E-state index contributed by atoms with van der Waals surface area (Å²) < 4.78 is 3.28. The number of halogens is 1. The van der Waals surface area contributed by atoms with Gasteiger partial charge in [0.05, 0.1) is 6.04 Å². The lowest BCUT2D eigenvalue weighted by molar-refractivity contribution is 0.636. The number of nitrogens with one attached hydrogen (secondary N) is 1. The van der Waals surface area contributed by atoms with Gasteiger partial charge in [0.2, 0.25) is 0 Å². The Labute approximate surface area is 117 Å². The number of rotatable bonds is 4. The molecule has 0 fully saturated rings. The number of aromatic nitrogens is 1. The van der Waals surface area contributed by atoms with Gasteiger partial charge in [-0.3, -0.25) is 4.68 Å². The van der Waals surface area contributed by atoms with Crippen LogP contribution in [0.5, 0.6) is 0 Å². The van der Waals surface area contributed by atoms with Crippen LogP contribution in [0.25, 0.3) is 0 Å². The average molecular weight is 307 g/mol. The van der Waals surface area contributed by atoms with Crippen molar-refractivity contribution in [3.05, 3.63) is 57.8 Å². The minimum absolute atomic E-state index is 0.336. The fraction of sp³-hybridized carbons (Fsp3) is 0.333. The van der Waals surface area contributed by atoms with Gasteiger partial charge in [-0.25, -0.2) is 0 Å². The Morgan fingerprint density at radius 3 is 2.11 bits per heavy atom. The molecule has 1 unspecified atom stereocenters. The predicted octanol–water partition coefficient (Wildman–Crippen LogP) is 4.56. The quantitative estimate of drug-likeness (QED) is 0.876. The maximum atomic E-state index is 3.58. The summed E-state index contributed by atoms with van der Waals surface area (Å²) in [7, 11) is 0. The molecule has 1 aromatic carbocycles. The van der Waals surface area contributed by atoms with Crippen LogP contribution in [0.2, 0.25) is 0 Å². The van der Waals surface area contributed by atoms with Gasteiger partial charge in [-0.1, -0.05) is 35.0 Å². The standard InChI is InChI=1S/C15H19BrN2/c1-4-15(13-7-9-14(16)10-8-13)17-18-11(2)5-6-12(18)3/h5-10,15,17H,4H2,1-3H3. The first-order valence-corrected chi connectivity index (χ1v) is 7.08. The minimum Gasteiger partial charge on any atom is -0.318 e. The molecule has 18 heavy (non-hydrogen) atoms. The molecule has 0 radical (unpaired) electrons. The maximum absolute atomic E-state index is 3.58. The summed E-state index contributed by atoms with van der Waals surface area (Å²) in [5.41, 5.74) is 7.37. The SMILES string of the molecule is CCC(Nn1c(C)ccc1C)c1ccc(Br)cc1. The Hall–Kier alpha value is -1.22. The smallest absolute Gasteiger partial charge is 0.0671 e. The van der Waals surface area contributed by atoms with E-state index in [4.69, 9.17) is 0 Å². The molecule has 0 aliphatic heterocycles. The van der Waals surface area contributed by atoms with Crippen molar-refractivity contribution in [3.8, 4) is 0 Å². The van der Waals surface area contributed by atoms with E-state index in [2.05, 4.69) is 83.2 Å². The van der Waals surface area contributed by atoms with Crippen LogP contribution in [0.1, 0.15) is 36.3 Å². The van der Waals surface area contributed by atoms with Gasteiger partial charge in [-0.05, 0) is 50.1 Å². The first kappa shape index (κ1) is 13.2. The summed E-state index contributed by atoms with van der Waals surface area (Å²) in [6, 6.07) is 13.1. The van der Waals surface area contributed by atoms with E-state index < -0.39 is 0 Å². The fourth-order valence-electron chi connectivity index (χ4n) is 2.12. The highest BCUT2D eigenvalue weighted by atomic mass is 79.9. The van der Waals surface area contributed by atoms with Gasteiger partial charge in [0.25, 0.3) is 0 Å². The van der Waals surface area contributed by atoms with Crippen LogP contribution in [-0.4, -0.2) is 4.68 Å². The van der Waals surface area contributed by atoms with Crippen LogP contribution < -0.4 is 5.43 Å². The molecule has 96 valence electrons. The molecule has 1 atom stereocenters. The van der Waals surface area contributed by atoms with Crippen molar-refractivity contribution < 1.29 is 0 Å². The number of hydrogen-bond donors (Lipinski definition) is 1. The van der Waals surface area contributed by atoms with Gasteiger partial charge in [0, 0.05) is 15.9 Å². The molecule has 2 nitrogen and oxygen atoms in total. The molecule has 0 amide bonds. The molecular weight excluding hydrogens is 288 g/mol. The normalized spacial score (nSPS) is 12.4. The van der Waals surface area contributed by atoms with Gasteiger partial charge in [0.15, 0.2) is 0 Å². The zero-order chi connectivity index (χ0) is 13.1. The zero-order valence-corrected chi connectivity index (χ0v) is 12.7. The Morgan fingerprint density at radius 1 is 1.06 bits per heavy atom. The summed E-state index contributed by atoms with van der Waals surface area (Å²) in [4.78, 5) is 0. The van der Waals surface area contributed by atoms with Gasteiger partial charge >= 0.3 is 0 Å². The minimum atomic E-state index is 0.336. The molecule has 3 heteroatoms. The highest BCUT2D eigenvalue weighted by Crippen LogP contribution is 2.21. The van der Waals surface area contributed by atoms with Crippen LogP contribution in [0, 0.1) is 13.8 Å². The first-order chi connectivity index (χ1) is 8.61. The van der Waals surface area contributed by atoms with E-state index in [9.17, 15) is 0 Å². The van der Waals surface area contributed by atoms with Gasteiger partial charge in [-0.15, -0.1) is 0 Å². The van der Waals surface area contributed by atoms with Gasteiger partial charge < -0.3 is 5.43 Å². The van der Waals surface area contributed by atoms with E-state index in [1.165, 1.54) is 17.0 Å². The molecule has 1 N–H and O–H groups in total. The van der Waals surface area contributed by atoms with Crippen molar-refractivity contribution in [1.29, 1.82) is 0 Å². The molecular formula is C15H19BrN2. The zero-order valence-electron chi connectivity index (χ0n) is 11.1. The third-order valence-corrected chi connectivity index (χ3v) is 3.77. The van der Waals surface area contributed by atoms with Crippen molar-refractivity contribution in [3.63, 3.8) is 0 Å². The first-order valence-electron chi connectivity index (χ1n) is 6.28. The summed E-state index contributed by atoms with van der Waals surface area (Å²) in [5, 5.41) is 0. The van der Waals surface area contributed by atoms with E-state index in [-0.39, 0.29) is 0 Å². The highest BCUT2D eigenvalue weighted by molar-refractivity contribution is 9.10. The fourth-order valence-corrected chi connectivity index (χ4v) is 2.39. The van der Waals surface area contributed by atoms with Crippen molar-refractivity contribution in [1.82, 2.24) is 4.68 Å². The Kier molecular flexibility index (Phi) is 4.12. The van der Waals surface area contributed by atoms with E-state index >= 15 is 0 Å².